The van der Waals surface area contributed by atoms with E-state index in [1.807, 2.05) is 0 Å². The van der Waals surface area contributed by atoms with E-state index >= 15 is 0 Å². The van der Waals surface area contributed by atoms with Crippen LogP contribution in [0.2, 0.25) is 5.02 Å². The summed E-state index contributed by atoms with van der Waals surface area (Å²) in [6.45, 7) is 0.253. The lowest BCUT2D eigenvalue weighted by molar-refractivity contribution is -0.119. The van der Waals surface area contributed by atoms with Crippen molar-refractivity contribution < 1.29 is 28.2 Å². The Hall–Kier alpha value is -3.95. The van der Waals surface area contributed by atoms with Crippen LogP contribution in [0.5, 0.6) is 0 Å². The Balaban J connectivity index is 1.49. The SMILES string of the molecule is COC(=O)c1c(F)cccc1-c1ccc(NC(=O)C2CC(OC)CN2C(=O)Nc2ccc(Cl)cc2)cc1. The van der Waals surface area contributed by atoms with Gasteiger partial charge < -0.3 is 25.0 Å². The Morgan fingerprint density at radius 2 is 1.59 bits per heavy atom. The van der Waals surface area contributed by atoms with E-state index in [9.17, 15) is 18.8 Å². The summed E-state index contributed by atoms with van der Waals surface area (Å²) in [4.78, 5) is 39.6. The predicted octanol–water partition coefficient (Wildman–Crippen LogP) is 5.19. The number of nitrogens with one attached hydrogen (secondary N) is 2. The lowest BCUT2D eigenvalue weighted by atomic mass is 9.99. The van der Waals surface area contributed by atoms with Crippen molar-refractivity contribution in [3.63, 3.8) is 0 Å². The van der Waals surface area contributed by atoms with Crippen LogP contribution in [-0.4, -0.2) is 55.7 Å². The van der Waals surface area contributed by atoms with Crippen LogP contribution >= 0.6 is 11.6 Å². The second kappa shape index (κ2) is 11.4. The third-order valence-corrected chi connectivity index (χ3v) is 6.37. The van der Waals surface area contributed by atoms with Crippen molar-refractivity contribution in [3.8, 4) is 11.1 Å². The fraction of sp³-hybridized carbons (Fsp3) is 0.222. The molecule has 0 radical (unpaired) electrons. The van der Waals surface area contributed by atoms with Gasteiger partial charge in [0.2, 0.25) is 5.91 Å². The molecule has 1 aliphatic rings. The van der Waals surface area contributed by atoms with Gasteiger partial charge in [-0.3, -0.25) is 4.79 Å². The predicted molar refractivity (Wildman–Crippen MR) is 138 cm³/mol. The molecule has 3 aromatic carbocycles. The van der Waals surface area contributed by atoms with Crippen LogP contribution in [0.3, 0.4) is 0 Å². The zero-order chi connectivity index (χ0) is 26.5. The van der Waals surface area contributed by atoms with Crippen molar-refractivity contribution in [1.82, 2.24) is 4.90 Å². The van der Waals surface area contributed by atoms with E-state index < -0.39 is 23.9 Å². The third kappa shape index (κ3) is 5.90. The second-order valence-electron chi connectivity index (χ2n) is 8.42. The van der Waals surface area contributed by atoms with Gasteiger partial charge in [-0.2, -0.15) is 0 Å². The largest absolute Gasteiger partial charge is 0.465 e. The average Bonchev–Trinajstić information content (AvgIpc) is 3.35. The number of urea groups is 1. The highest BCUT2D eigenvalue weighted by Crippen LogP contribution is 2.28. The standard InChI is InChI=1S/C27H25ClFN3O5/c1-36-20-14-23(32(15-20)27(35)31-19-12-8-17(28)9-13-19)25(33)30-18-10-6-16(7-11-18)21-4-3-5-22(29)24(21)26(34)37-2/h3-13,20,23H,14-15H2,1-2H3,(H,30,33)(H,31,35). The molecule has 1 aliphatic heterocycles. The van der Waals surface area contributed by atoms with Gasteiger partial charge in [-0.15, -0.1) is 0 Å². The maximum absolute atomic E-state index is 14.3. The van der Waals surface area contributed by atoms with Gasteiger partial charge in [0, 0.05) is 36.5 Å². The first kappa shape index (κ1) is 26.1. The number of ether oxygens (including phenoxy) is 2. The Bertz CT molecular complexity index is 1300. The van der Waals surface area contributed by atoms with Crippen LogP contribution in [0.15, 0.2) is 66.7 Å². The molecule has 0 saturated carbocycles. The van der Waals surface area contributed by atoms with E-state index in [0.29, 0.717) is 33.9 Å². The molecule has 0 spiro atoms. The smallest absolute Gasteiger partial charge is 0.341 e. The number of rotatable bonds is 6. The number of amides is 3. The quantitative estimate of drug-likeness (QED) is 0.432. The van der Waals surface area contributed by atoms with Gasteiger partial charge in [0.05, 0.1) is 13.2 Å². The molecule has 0 aliphatic carbocycles. The molecule has 3 aromatic rings. The monoisotopic (exact) mass is 525 g/mol. The zero-order valence-corrected chi connectivity index (χ0v) is 20.9. The molecule has 10 heteroatoms. The summed E-state index contributed by atoms with van der Waals surface area (Å²) in [5.74, 6) is -1.84. The molecule has 4 rings (SSSR count). The first-order chi connectivity index (χ1) is 17.8. The van der Waals surface area contributed by atoms with Crippen LogP contribution in [-0.2, 0) is 14.3 Å². The highest BCUT2D eigenvalue weighted by atomic mass is 35.5. The first-order valence-electron chi connectivity index (χ1n) is 11.4. The van der Waals surface area contributed by atoms with Gasteiger partial charge in [0.1, 0.15) is 17.4 Å². The number of hydrogen-bond acceptors (Lipinski definition) is 5. The van der Waals surface area contributed by atoms with Crippen molar-refractivity contribution >= 4 is 40.9 Å². The Kier molecular flexibility index (Phi) is 8.05. The zero-order valence-electron chi connectivity index (χ0n) is 20.2. The first-order valence-corrected chi connectivity index (χ1v) is 11.8. The molecule has 3 amide bonds. The van der Waals surface area contributed by atoms with E-state index in [-0.39, 0.29) is 24.1 Å². The lowest BCUT2D eigenvalue weighted by Crippen LogP contribution is -2.45. The maximum atomic E-state index is 14.3. The highest BCUT2D eigenvalue weighted by Gasteiger charge is 2.40. The van der Waals surface area contributed by atoms with Gasteiger partial charge in [0.15, 0.2) is 0 Å². The van der Waals surface area contributed by atoms with Gasteiger partial charge in [0.25, 0.3) is 0 Å². The molecular formula is C27H25ClFN3O5. The molecule has 2 unspecified atom stereocenters. The highest BCUT2D eigenvalue weighted by molar-refractivity contribution is 6.30. The number of anilines is 2. The molecule has 1 fully saturated rings. The molecule has 2 N–H and O–H groups in total. The number of carbonyl (C=O) groups excluding carboxylic acids is 3. The normalized spacial score (nSPS) is 16.8. The Morgan fingerprint density at radius 3 is 2.24 bits per heavy atom. The minimum atomic E-state index is -0.781. The molecule has 1 saturated heterocycles. The molecule has 1 heterocycles. The number of likely N-dealkylation sites (tertiary alicyclic amines) is 1. The minimum Gasteiger partial charge on any atom is -0.465 e. The fourth-order valence-electron chi connectivity index (χ4n) is 4.20. The molecule has 192 valence electrons. The number of methoxy groups -OCH3 is 2. The number of benzene rings is 3. The number of nitrogens with zero attached hydrogens (tertiary/aromatic N) is 1. The average molecular weight is 526 g/mol. The Morgan fingerprint density at radius 1 is 0.946 bits per heavy atom. The maximum Gasteiger partial charge on any atom is 0.341 e. The number of halogens is 2. The molecule has 2 atom stereocenters. The van der Waals surface area contributed by atoms with Gasteiger partial charge in [-0.05, 0) is 53.6 Å². The summed E-state index contributed by atoms with van der Waals surface area (Å²) in [5, 5.41) is 6.14. The van der Waals surface area contributed by atoms with Crippen LogP contribution in [0.1, 0.15) is 16.8 Å². The lowest BCUT2D eigenvalue weighted by Gasteiger charge is -2.24. The van der Waals surface area contributed by atoms with Crippen LogP contribution in [0, 0.1) is 5.82 Å². The van der Waals surface area contributed by atoms with E-state index in [0.717, 1.165) is 0 Å². The molecule has 0 bridgehead atoms. The van der Waals surface area contributed by atoms with E-state index in [1.165, 1.54) is 31.3 Å². The molecule has 37 heavy (non-hydrogen) atoms. The molecule has 8 nitrogen and oxygen atoms in total. The van der Waals surface area contributed by atoms with Crippen LogP contribution in [0.25, 0.3) is 11.1 Å². The summed E-state index contributed by atoms with van der Waals surface area (Å²) in [6, 6.07) is 16.4. The van der Waals surface area contributed by atoms with Crippen molar-refractivity contribution in [2.75, 3.05) is 31.4 Å². The van der Waals surface area contributed by atoms with E-state index in [1.54, 1.807) is 54.6 Å². The summed E-state index contributed by atoms with van der Waals surface area (Å²) in [6.07, 6.45) is 0.0408. The van der Waals surface area contributed by atoms with Crippen molar-refractivity contribution in [2.45, 2.75) is 18.6 Å². The number of carbonyl (C=O) groups is 3. The second-order valence-corrected chi connectivity index (χ2v) is 8.86. The van der Waals surface area contributed by atoms with Gasteiger partial charge >= 0.3 is 12.0 Å². The van der Waals surface area contributed by atoms with E-state index in [4.69, 9.17) is 21.1 Å². The summed E-state index contributed by atoms with van der Waals surface area (Å²) >= 11 is 5.90. The summed E-state index contributed by atoms with van der Waals surface area (Å²) in [7, 11) is 2.72. The van der Waals surface area contributed by atoms with Crippen molar-refractivity contribution in [2.24, 2.45) is 0 Å². The van der Waals surface area contributed by atoms with E-state index in [2.05, 4.69) is 10.6 Å². The summed E-state index contributed by atoms with van der Waals surface area (Å²) < 4.78 is 24.4. The van der Waals surface area contributed by atoms with Crippen LogP contribution < -0.4 is 10.6 Å². The molecule has 0 aromatic heterocycles. The van der Waals surface area contributed by atoms with Crippen molar-refractivity contribution in [1.29, 1.82) is 0 Å². The van der Waals surface area contributed by atoms with Crippen LogP contribution in [0.4, 0.5) is 20.6 Å². The summed E-state index contributed by atoms with van der Waals surface area (Å²) in [5.41, 5.74) is 1.80. The third-order valence-electron chi connectivity index (χ3n) is 6.12. The van der Waals surface area contributed by atoms with Gasteiger partial charge in [-0.1, -0.05) is 35.9 Å². The molecular weight excluding hydrogens is 501 g/mol. The minimum absolute atomic E-state index is 0.166. The number of hydrogen-bond donors (Lipinski definition) is 2. The number of esters is 1. The topological polar surface area (TPSA) is 97.0 Å². The Labute approximate surface area is 218 Å². The van der Waals surface area contributed by atoms with Crippen molar-refractivity contribution in [3.05, 3.63) is 83.1 Å². The van der Waals surface area contributed by atoms with Gasteiger partial charge in [-0.25, -0.2) is 14.0 Å². The fourth-order valence-corrected chi connectivity index (χ4v) is 4.33.